The van der Waals surface area contributed by atoms with Crippen molar-refractivity contribution in [3.05, 3.63) is 44.1 Å². The van der Waals surface area contributed by atoms with E-state index in [0.29, 0.717) is 11.1 Å². The third-order valence-electron chi connectivity index (χ3n) is 2.68. The summed E-state index contributed by atoms with van der Waals surface area (Å²) in [5, 5.41) is 25.8. The molecule has 3 rings (SSSR count). The maximum atomic E-state index is 11.0. The highest BCUT2D eigenvalue weighted by Gasteiger charge is 2.32. The number of aromatic nitrogens is 4. The van der Waals surface area contributed by atoms with Crippen molar-refractivity contribution in [1.82, 2.24) is 14.6 Å². The fourth-order valence-corrected chi connectivity index (χ4v) is 1.92. The molecule has 10 nitrogen and oxygen atoms in total. The first-order valence-corrected chi connectivity index (χ1v) is 5.15. The van der Waals surface area contributed by atoms with E-state index >= 15 is 0 Å². The lowest BCUT2D eigenvalue weighted by Gasteiger charge is -1.90. The minimum atomic E-state index is -0.662. The highest BCUT2D eigenvalue weighted by Crippen LogP contribution is 2.20. The van der Waals surface area contributed by atoms with E-state index in [1.54, 1.807) is 6.92 Å². The molecule has 0 N–H and O–H groups in total. The minimum Gasteiger partial charge on any atom is -0.358 e. The monoisotopic (exact) mass is 262 g/mol. The minimum absolute atomic E-state index is 0.0778. The number of fused-ring (bicyclic) bond motifs is 3. The van der Waals surface area contributed by atoms with Crippen LogP contribution in [0.15, 0.2) is 18.3 Å². The average Bonchev–Trinajstić information content (AvgIpc) is 2.81. The molecule has 0 aromatic carbocycles. The van der Waals surface area contributed by atoms with Crippen LogP contribution in [0.25, 0.3) is 11.2 Å². The first-order chi connectivity index (χ1) is 8.99. The number of pyridine rings is 1. The van der Waals surface area contributed by atoms with Crippen molar-refractivity contribution < 1.29 is 14.5 Å². The molecule has 10 heteroatoms. The standard InChI is InChI=1S/C9H6N6O4/c1-5-4-12-11-6-2-3-7(14(16)17)10-8(6)13(12)9(5)15(18)19/h2-4H,1H3. The number of aryl methyl sites for hydroxylation is 1. The van der Waals surface area contributed by atoms with E-state index in [2.05, 4.69) is 10.1 Å². The summed E-state index contributed by atoms with van der Waals surface area (Å²) in [6.45, 7) is 1.56. The molecule has 0 unspecified atom stereocenters. The molecule has 3 aromatic rings. The summed E-state index contributed by atoms with van der Waals surface area (Å²) in [6, 6.07) is 2.60. The molecule has 0 radical (unpaired) electrons. The molecule has 0 aliphatic carbocycles. The first kappa shape index (κ1) is 11.1. The van der Waals surface area contributed by atoms with E-state index in [1.807, 2.05) is 0 Å². The molecule has 0 atom stereocenters. The van der Waals surface area contributed by atoms with Crippen molar-refractivity contribution in [3.63, 3.8) is 0 Å². The smallest absolute Gasteiger partial charge is 0.358 e. The zero-order valence-corrected chi connectivity index (χ0v) is 9.55. The van der Waals surface area contributed by atoms with Gasteiger partial charge in [0.25, 0.3) is 0 Å². The maximum absolute atomic E-state index is 11.0. The van der Waals surface area contributed by atoms with Crippen LogP contribution in [0.1, 0.15) is 5.56 Å². The fourth-order valence-electron chi connectivity index (χ4n) is 1.92. The van der Waals surface area contributed by atoms with Gasteiger partial charge >= 0.3 is 17.3 Å². The van der Waals surface area contributed by atoms with Crippen LogP contribution in [0.4, 0.5) is 11.6 Å². The molecular weight excluding hydrogens is 256 g/mol. The van der Waals surface area contributed by atoms with E-state index in [1.165, 1.54) is 23.0 Å². The van der Waals surface area contributed by atoms with Crippen LogP contribution in [0, 0.1) is 27.2 Å². The molecule has 0 spiro atoms. The van der Waals surface area contributed by atoms with Crippen molar-refractivity contribution in [1.29, 1.82) is 0 Å². The van der Waals surface area contributed by atoms with Gasteiger partial charge in [-0.15, -0.1) is 5.10 Å². The maximum Gasteiger partial charge on any atom is 0.402 e. The topological polar surface area (TPSA) is 122 Å². The Morgan fingerprint density at radius 2 is 2.05 bits per heavy atom. The van der Waals surface area contributed by atoms with E-state index < -0.39 is 9.85 Å². The van der Waals surface area contributed by atoms with E-state index in [9.17, 15) is 20.2 Å². The lowest BCUT2D eigenvalue weighted by Crippen LogP contribution is -2.29. The number of hydrogen-bond donors (Lipinski definition) is 0. The second kappa shape index (κ2) is 3.48. The second-order valence-electron chi connectivity index (χ2n) is 3.89. The summed E-state index contributed by atoms with van der Waals surface area (Å²) in [6.07, 6.45) is 1.46. The zero-order chi connectivity index (χ0) is 13.7. The molecule has 0 fully saturated rings. The Bertz CT molecular complexity index is 847. The van der Waals surface area contributed by atoms with Crippen LogP contribution in [0.3, 0.4) is 0 Å². The largest absolute Gasteiger partial charge is 0.402 e. The summed E-state index contributed by atoms with van der Waals surface area (Å²) in [4.78, 5) is 24.3. The van der Waals surface area contributed by atoms with Gasteiger partial charge in [-0.1, -0.05) is 0 Å². The summed E-state index contributed by atoms with van der Waals surface area (Å²) in [7, 11) is 0. The first-order valence-electron chi connectivity index (χ1n) is 5.15. The average molecular weight is 262 g/mol. The molecule has 0 amide bonds. The summed E-state index contributed by atoms with van der Waals surface area (Å²) in [5.74, 6) is -0.599. The molecule has 3 heterocycles. The number of nitro groups is 2. The molecule has 0 saturated heterocycles. The molecular formula is C9H6N6O4. The van der Waals surface area contributed by atoms with Gasteiger partial charge in [0.2, 0.25) is 6.20 Å². The zero-order valence-electron chi connectivity index (χ0n) is 9.55. The van der Waals surface area contributed by atoms with E-state index in [-0.39, 0.29) is 17.3 Å². The van der Waals surface area contributed by atoms with Gasteiger partial charge in [0.1, 0.15) is 11.1 Å². The van der Waals surface area contributed by atoms with Crippen LogP contribution in [-0.4, -0.2) is 19.3 Å². The predicted octanol–water partition coefficient (Wildman–Crippen LogP) is 0.155. The lowest BCUT2D eigenvalue weighted by molar-refractivity contribution is -0.678. The van der Waals surface area contributed by atoms with Gasteiger partial charge in [-0.2, -0.15) is 0 Å². The normalized spacial score (nSPS) is 11.2. The van der Waals surface area contributed by atoms with E-state index in [0.717, 1.165) is 4.52 Å². The Balaban J connectivity index is 2.47. The summed E-state index contributed by atoms with van der Waals surface area (Å²) >= 11 is 0. The molecule has 0 saturated carbocycles. The Hall–Kier alpha value is -3.04. The van der Waals surface area contributed by atoms with Crippen LogP contribution in [0.5, 0.6) is 0 Å². The Labute approximate surface area is 104 Å². The van der Waals surface area contributed by atoms with Crippen molar-refractivity contribution >= 4 is 22.8 Å². The second-order valence-corrected chi connectivity index (χ2v) is 3.89. The fraction of sp³-hybridized carbons (Fsp3) is 0.111. The molecule has 96 valence electrons. The van der Waals surface area contributed by atoms with Gasteiger partial charge in [-0.25, -0.2) is 0 Å². The number of nitrogens with zero attached hydrogens (tertiary/aromatic N) is 6. The van der Waals surface area contributed by atoms with Crippen molar-refractivity contribution in [3.8, 4) is 0 Å². The lowest BCUT2D eigenvalue weighted by atomic mass is 10.4. The summed E-state index contributed by atoms with van der Waals surface area (Å²) in [5.41, 5.74) is 0.815. The molecule has 0 bridgehead atoms. The third-order valence-corrected chi connectivity index (χ3v) is 2.68. The van der Waals surface area contributed by atoms with Crippen molar-refractivity contribution in [2.45, 2.75) is 6.92 Å². The van der Waals surface area contributed by atoms with Gasteiger partial charge in [-0.3, -0.25) is 0 Å². The molecule has 0 aliphatic rings. The summed E-state index contributed by atoms with van der Waals surface area (Å²) < 4.78 is 2.38. The quantitative estimate of drug-likeness (QED) is 0.368. The van der Waals surface area contributed by atoms with Crippen LogP contribution in [0.2, 0.25) is 0 Å². The Morgan fingerprint density at radius 1 is 1.32 bits per heavy atom. The highest BCUT2D eigenvalue weighted by atomic mass is 16.6. The predicted molar refractivity (Wildman–Crippen MR) is 59.7 cm³/mol. The number of hydrogen-bond acceptors (Lipinski definition) is 5. The van der Waals surface area contributed by atoms with E-state index in [4.69, 9.17) is 0 Å². The SMILES string of the molecule is Cc1c[n+]2[n-]c3ccc([N+](=O)[O-])nc3n2c1[N+](=O)[O-]. The molecule has 3 aromatic heterocycles. The van der Waals surface area contributed by atoms with Crippen LogP contribution < -0.4 is 9.73 Å². The van der Waals surface area contributed by atoms with Crippen molar-refractivity contribution in [2.75, 3.05) is 0 Å². The Kier molecular flexibility index (Phi) is 2.03. The van der Waals surface area contributed by atoms with Crippen molar-refractivity contribution in [2.24, 2.45) is 0 Å². The third kappa shape index (κ3) is 1.43. The highest BCUT2D eigenvalue weighted by molar-refractivity contribution is 5.71. The van der Waals surface area contributed by atoms with Gasteiger partial charge in [0, 0.05) is 15.7 Å². The van der Waals surface area contributed by atoms with Gasteiger partial charge in [0.05, 0.1) is 4.52 Å². The van der Waals surface area contributed by atoms with Crippen LogP contribution >= 0.6 is 0 Å². The van der Waals surface area contributed by atoms with Crippen LogP contribution in [-0.2, 0) is 0 Å². The number of rotatable bonds is 2. The molecule has 19 heavy (non-hydrogen) atoms. The van der Waals surface area contributed by atoms with Gasteiger partial charge in [0.15, 0.2) is 0 Å². The Morgan fingerprint density at radius 3 is 2.68 bits per heavy atom. The molecule has 0 aliphatic heterocycles. The van der Waals surface area contributed by atoms with Gasteiger partial charge in [-0.05, 0) is 22.8 Å². The van der Waals surface area contributed by atoms with Gasteiger partial charge < -0.3 is 20.2 Å².